The van der Waals surface area contributed by atoms with E-state index in [2.05, 4.69) is 0 Å². The standard InChI is InChI=1S/CHO2.CH3.W/c2-1-3;;/h(H,2,3);1H3;/q2*-1;+2. The maximum absolute atomic E-state index is 8.24. The van der Waals surface area contributed by atoms with Gasteiger partial charge in [0.2, 0.25) is 0 Å². The van der Waals surface area contributed by atoms with Crippen LogP contribution in [0.15, 0.2) is 0 Å². The van der Waals surface area contributed by atoms with Crippen LogP contribution in [-0.2, 0) is 25.9 Å². The molecule has 0 aliphatic heterocycles. The van der Waals surface area contributed by atoms with E-state index in [0.29, 0.717) is 6.47 Å². The second-order valence-electron chi connectivity index (χ2n) is 0.0913. The molecule has 0 atom stereocenters. The van der Waals surface area contributed by atoms with Crippen molar-refractivity contribution >= 4 is 6.47 Å². The molecule has 0 heterocycles. The molecule has 0 saturated heterocycles. The first kappa shape index (κ1) is 19.1. The Labute approximate surface area is 45.5 Å². The van der Waals surface area contributed by atoms with Crippen molar-refractivity contribution in [3.63, 3.8) is 0 Å². The molecular formula is C2H4O2W. The van der Waals surface area contributed by atoms with Gasteiger partial charge in [0.1, 0.15) is 0 Å². The van der Waals surface area contributed by atoms with E-state index in [1.807, 2.05) is 0 Å². The molecule has 0 radical (unpaired) electrons. The predicted molar refractivity (Wildman–Crippen MR) is 14.7 cm³/mol. The number of rotatable bonds is 0. The largest absolute Gasteiger partial charge is 2.00 e. The van der Waals surface area contributed by atoms with Gasteiger partial charge in [0.15, 0.2) is 0 Å². The van der Waals surface area contributed by atoms with Crippen LogP contribution in [0.2, 0.25) is 0 Å². The molecule has 0 bridgehead atoms. The Morgan fingerprint density at radius 2 is 1.60 bits per heavy atom. The minimum atomic E-state index is 0. The van der Waals surface area contributed by atoms with E-state index in [1.54, 1.807) is 0 Å². The molecule has 0 aromatic heterocycles. The Morgan fingerprint density at radius 3 is 1.60 bits per heavy atom. The van der Waals surface area contributed by atoms with Gasteiger partial charge in [-0.1, -0.05) is 6.47 Å². The van der Waals surface area contributed by atoms with Crippen molar-refractivity contribution < 1.29 is 31.0 Å². The average molecular weight is 244 g/mol. The fraction of sp³-hybridized carbons (Fsp3) is 0. The molecule has 0 aliphatic carbocycles. The van der Waals surface area contributed by atoms with E-state index in [-0.39, 0.29) is 28.5 Å². The average Bonchev–Trinajstić information content (AvgIpc) is 0.918. The zero-order valence-corrected chi connectivity index (χ0v) is 5.70. The molecule has 1 N–H and O–H groups in total. The van der Waals surface area contributed by atoms with E-state index < -0.39 is 0 Å². The Kier molecular flexibility index (Phi) is 118. The molecule has 0 aliphatic rings. The van der Waals surface area contributed by atoms with Crippen molar-refractivity contribution in [1.29, 1.82) is 0 Å². The molecule has 0 fully saturated rings. The molecule has 0 aromatic carbocycles. The topological polar surface area (TPSA) is 37.3 Å². The fourth-order valence-electron chi connectivity index (χ4n) is 0. The summed E-state index contributed by atoms with van der Waals surface area (Å²) in [6, 6.07) is 0. The van der Waals surface area contributed by atoms with E-state index in [0.717, 1.165) is 0 Å². The molecule has 3 heteroatoms. The number of hydrogen-bond acceptors (Lipinski definition) is 1. The van der Waals surface area contributed by atoms with E-state index >= 15 is 0 Å². The van der Waals surface area contributed by atoms with E-state index in [4.69, 9.17) is 9.90 Å². The van der Waals surface area contributed by atoms with E-state index in [1.165, 1.54) is 0 Å². The summed E-state index contributed by atoms with van der Waals surface area (Å²) in [5.41, 5.74) is 0. The van der Waals surface area contributed by atoms with Crippen molar-refractivity contribution in [2.75, 3.05) is 0 Å². The van der Waals surface area contributed by atoms with Crippen LogP contribution in [0.25, 0.3) is 0 Å². The summed E-state index contributed by atoms with van der Waals surface area (Å²) in [6.07, 6.45) is 0. The molecule has 0 amide bonds. The van der Waals surface area contributed by atoms with Crippen molar-refractivity contribution in [3.8, 4) is 0 Å². The summed E-state index contributed by atoms with van der Waals surface area (Å²) in [4.78, 5) is 8.24. The SMILES string of the molecule is O=[C-]O.[CH3-].[W+2]. The van der Waals surface area contributed by atoms with E-state index in [9.17, 15) is 0 Å². The smallest absolute Gasteiger partial charge is 0.665 e. The molecule has 0 rings (SSSR count). The summed E-state index contributed by atoms with van der Waals surface area (Å²) in [5, 5.41) is 6.76. The van der Waals surface area contributed by atoms with Crippen molar-refractivity contribution in [2.24, 2.45) is 0 Å². The van der Waals surface area contributed by atoms with Gasteiger partial charge in [-0.05, 0) is 0 Å². The zero-order chi connectivity index (χ0) is 2.71. The van der Waals surface area contributed by atoms with Crippen LogP contribution >= 0.6 is 0 Å². The van der Waals surface area contributed by atoms with Crippen LogP contribution < -0.4 is 0 Å². The summed E-state index contributed by atoms with van der Waals surface area (Å²) >= 11 is 0. The van der Waals surface area contributed by atoms with Gasteiger partial charge >= 0.3 is 21.1 Å². The minimum absolute atomic E-state index is 0. The Bertz CT molecular complexity index is 15.1. The first-order valence-corrected chi connectivity index (χ1v) is 0.428. The van der Waals surface area contributed by atoms with Gasteiger partial charge in [0.25, 0.3) is 0 Å². The fourth-order valence-corrected chi connectivity index (χ4v) is 0. The molecule has 0 unspecified atom stereocenters. The second kappa shape index (κ2) is 30.9. The summed E-state index contributed by atoms with van der Waals surface area (Å²) < 4.78 is 0. The van der Waals surface area contributed by atoms with Gasteiger partial charge in [-0.3, -0.25) is 0 Å². The molecule has 0 spiro atoms. The molecule has 5 heavy (non-hydrogen) atoms. The van der Waals surface area contributed by atoms with Gasteiger partial charge in [0, 0.05) is 0 Å². The third kappa shape index (κ3) is 773. The van der Waals surface area contributed by atoms with Crippen LogP contribution in [-0.4, -0.2) is 11.6 Å². The minimum Gasteiger partial charge on any atom is -0.665 e. The van der Waals surface area contributed by atoms with Gasteiger partial charge in [-0.2, -0.15) is 0 Å². The van der Waals surface area contributed by atoms with Crippen molar-refractivity contribution in [3.05, 3.63) is 7.43 Å². The summed E-state index contributed by atoms with van der Waals surface area (Å²) in [5.74, 6) is 0. The first-order valence-electron chi connectivity index (χ1n) is 0.428. The summed E-state index contributed by atoms with van der Waals surface area (Å²) in [7, 11) is 0. The van der Waals surface area contributed by atoms with Crippen LogP contribution in [0.5, 0.6) is 0 Å². The van der Waals surface area contributed by atoms with Crippen LogP contribution in [0.1, 0.15) is 0 Å². The molecule has 0 saturated carbocycles. The zero-order valence-electron chi connectivity index (χ0n) is 2.76. The second-order valence-corrected chi connectivity index (χ2v) is 0.0913. The molecule has 0 aromatic rings. The Morgan fingerprint density at radius 1 is 1.60 bits per heavy atom. The quantitative estimate of drug-likeness (QED) is 0.611. The normalized spacial score (nSPS) is 2.40. The first-order chi connectivity index (χ1) is 1.41. The van der Waals surface area contributed by atoms with Gasteiger partial charge < -0.3 is 17.3 Å². The number of aliphatic hydroxyl groups excluding tert-OH is 1. The monoisotopic (exact) mass is 244 g/mol. The third-order valence-corrected chi connectivity index (χ3v) is 0. The van der Waals surface area contributed by atoms with Crippen molar-refractivity contribution in [2.45, 2.75) is 0 Å². The molecular weight excluding hydrogens is 240 g/mol. The predicted octanol–water partition coefficient (Wildman–Crippen LogP) is 0.0594. The van der Waals surface area contributed by atoms with Gasteiger partial charge in [-0.25, -0.2) is 0 Å². The maximum atomic E-state index is 8.24. The Hall–Kier alpha value is 0.158. The number of hydrogen-bond donors (Lipinski definition) is 1. The van der Waals surface area contributed by atoms with Crippen LogP contribution in [0.4, 0.5) is 0 Å². The van der Waals surface area contributed by atoms with Crippen LogP contribution in [0.3, 0.4) is 0 Å². The summed E-state index contributed by atoms with van der Waals surface area (Å²) in [6.45, 7) is 0.500. The van der Waals surface area contributed by atoms with Crippen molar-refractivity contribution in [1.82, 2.24) is 0 Å². The molecule has 30 valence electrons. The van der Waals surface area contributed by atoms with Gasteiger partial charge in [-0.15, -0.1) is 0 Å². The Balaban J connectivity index is -0.0000000200. The maximum Gasteiger partial charge on any atom is 2.00 e. The van der Waals surface area contributed by atoms with Crippen LogP contribution in [0, 0.1) is 7.43 Å². The molecule has 2 nitrogen and oxygen atoms in total. The van der Waals surface area contributed by atoms with Gasteiger partial charge in [0.05, 0.1) is 0 Å². The third-order valence-electron chi connectivity index (χ3n) is 0.